The molecule has 0 aliphatic heterocycles. The van der Waals surface area contributed by atoms with Gasteiger partial charge in [0.1, 0.15) is 6.10 Å². The summed E-state index contributed by atoms with van der Waals surface area (Å²) < 4.78 is 0. The van der Waals surface area contributed by atoms with E-state index < -0.39 is 6.10 Å². The van der Waals surface area contributed by atoms with E-state index in [1.807, 2.05) is 0 Å². The molecule has 0 radical (unpaired) electrons. The van der Waals surface area contributed by atoms with Gasteiger partial charge in [-0.2, -0.15) is 0 Å². The topological polar surface area (TPSA) is 33.1 Å². The molecule has 0 spiro atoms. The lowest BCUT2D eigenvalue weighted by atomic mass is 10.1. The Kier molecular flexibility index (Phi) is 3.44. The Balaban J connectivity index is 2.46. The Morgan fingerprint density at radius 1 is 1.00 bits per heavy atom. The summed E-state index contributed by atoms with van der Waals surface area (Å²) >= 11 is 12.0. The van der Waals surface area contributed by atoms with Gasteiger partial charge in [-0.15, -0.1) is 0 Å². The standard InChI is InChI=1S/C12H9Cl2NO/c13-8-4-3-5-9(14)11(8)12(16)10-6-1-2-7-15-10/h1-7,12,16H/t12-/m1/s1. The van der Waals surface area contributed by atoms with Crippen molar-refractivity contribution in [2.45, 2.75) is 6.10 Å². The highest BCUT2D eigenvalue weighted by Crippen LogP contribution is 2.32. The zero-order valence-electron chi connectivity index (χ0n) is 8.27. The third kappa shape index (κ3) is 2.19. The predicted octanol–water partition coefficient (Wildman–Crippen LogP) is 3.47. The molecule has 0 saturated heterocycles. The van der Waals surface area contributed by atoms with Crippen LogP contribution in [0.1, 0.15) is 17.4 Å². The number of hydrogen-bond acceptors (Lipinski definition) is 2. The number of nitrogens with zero attached hydrogens (tertiary/aromatic N) is 1. The van der Waals surface area contributed by atoms with E-state index in [1.165, 1.54) is 0 Å². The van der Waals surface area contributed by atoms with E-state index >= 15 is 0 Å². The Morgan fingerprint density at radius 2 is 1.69 bits per heavy atom. The molecule has 1 N–H and O–H groups in total. The molecule has 0 aliphatic carbocycles. The van der Waals surface area contributed by atoms with Crippen molar-refractivity contribution in [1.29, 1.82) is 0 Å². The lowest BCUT2D eigenvalue weighted by molar-refractivity contribution is 0.215. The van der Waals surface area contributed by atoms with E-state index in [1.54, 1.807) is 42.6 Å². The van der Waals surface area contributed by atoms with Gasteiger partial charge in [-0.3, -0.25) is 4.98 Å². The highest BCUT2D eigenvalue weighted by molar-refractivity contribution is 6.36. The molecule has 0 fully saturated rings. The zero-order valence-corrected chi connectivity index (χ0v) is 9.78. The lowest BCUT2D eigenvalue weighted by Crippen LogP contribution is -2.03. The SMILES string of the molecule is O[C@H](c1ccccn1)c1c(Cl)cccc1Cl. The fraction of sp³-hybridized carbons (Fsp3) is 0.0833. The molecule has 0 bridgehead atoms. The van der Waals surface area contributed by atoms with E-state index in [2.05, 4.69) is 4.98 Å². The van der Waals surface area contributed by atoms with Crippen molar-refractivity contribution >= 4 is 23.2 Å². The number of pyridine rings is 1. The average molecular weight is 254 g/mol. The van der Waals surface area contributed by atoms with Crippen LogP contribution in [0.2, 0.25) is 10.0 Å². The van der Waals surface area contributed by atoms with Crippen LogP contribution in [0.5, 0.6) is 0 Å². The highest BCUT2D eigenvalue weighted by atomic mass is 35.5. The van der Waals surface area contributed by atoms with Crippen molar-refractivity contribution in [3.05, 3.63) is 63.9 Å². The third-order valence-corrected chi connectivity index (χ3v) is 2.90. The van der Waals surface area contributed by atoms with Crippen LogP contribution >= 0.6 is 23.2 Å². The Bertz CT molecular complexity index is 467. The monoisotopic (exact) mass is 253 g/mol. The molecule has 1 aromatic heterocycles. The lowest BCUT2D eigenvalue weighted by Gasteiger charge is -2.13. The van der Waals surface area contributed by atoms with Gasteiger partial charge in [0.15, 0.2) is 0 Å². The number of aliphatic hydroxyl groups is 1. The van der Waals surface area contributed by atoms with Crippen LogP contribution in [-0.2, 0) is 0 Å². The van der Waals surface area contributed by atoms with Crippen molar-refractivity contribution in [2.75, 3.05) is 0 Å². The van der Waals surface area contributed by atoms with Gasteiger partial charge in [0.05, 0.1) is 5.69 Å². The summed E-state index contributed by atoms with van der Waals surface area (Å²) in [6.07, 6.45) is 0.714. The first-order chi connectivity index (χ1) is 7.70. The minimum absolute atomic E-state index is 0.436. The number of halogens is 2. The van der Waals surface area contributed by atoms with Crippen LogP contribution in [0, 0.1) is 0 Å². The summed E-state index contributed by atoms with van der Waals surface area (Å²) in [7, 11) is 0. The summed E-state index contributed by atoms with van der Waals surface area (Å²) in [6.45, 7) is 0. The molecule has 0 saturated carbocycles. The maximum atomic E-state index is 10.1. The maximum absolute atomic E-state index is 10.1. The van der Waals surface area contributed by atoms with Gasteiger partial charge in [-0.1, -0.05) is 35.3 Å². The molecular weight excluding hydrogens is 245 g/mol. The first-order valence-corrected chi connectivity index (χ1v) is 5.48. The maximum Gasteiger partial charge on any atom is 0.124 e. The molecule has 82 valence electrons. The smallest absolute Gasteiger partial charge is 0.124 e. The zero-order chi connectivity index (χ0) is 11.5. The molecule has 16 heavy (non-hydrogen) atoms. The average Bonchev–Trinajstić information content (AvgIpc) is 2.30. The normalized spacial score (nSPS) is 12.4. The van der Waals surface area contributed by atoms with E-state index in [0.717, 1.165) is 0 Å². The van der Waals surface area contributed by atoms with E-state index in [4.69, 9.17) is 23.2 Å². The van der Waals surface area contributed by atoms with Gasteiger partial charge >= 0.3 is 0 Å². The van der Waals surface area contributed by atoms with Gasteiger partial charge in [-0.25, -0.2) is 0 Å². The summed E-state index contributed by atoms with van der Waals surface area (Å²) in [4.78, 5) is 4.07. The molecule has 0 amide bonds. The second-order valence-corrected chi connectivity index (χ2v) is 4.11. The van der Waals surface area contributed by atoms with Crippen LogP contribution in [0.4, 0.5) is 0 Å². The molecule has 4 heteroatoms. The molecule has 2 aromatic rings. The highest BCUT2D eigenvalue weighted by Gasteiger charge is 2.17. The summed E-state index contributed by atoms with van der Waals surface area (Å²) in [5.41, 5.74) is 1.02. The molecule has 1 atom stereocenters. The summed E-state index contributed by atoms with van der Waals surface area (Å²) in [5, 5.41) is 11.0. The van der Waals surface area contributed by atoms with E-state index in [0.29, 0.717) is 21.3 Å². The quantitative estimate of drug-likeness (QED) is 0.890. The van der Waals surface area contributed by atoms with Crippen molar-refractivity contribution in [2.24, 2.45) is 0 Å². The van der Waals surface area contributed by atoms with Crippen molar-refractivity contribution in [3.63, 3.8) is 0 Å². The molecule has 2 rings (SSSR count). The second-order valence-electron chi connectivity index (χ2n) is 3.29. The molecule has 0 unspecified atom stereocenters. The Hall–Kier alpha value is -1.09. The van der Waals surface area contributed by atoms with Gasteiger partial charge in [0.25, 0.3) is 0 Å². The van der Waals surface area contributed by atoms with Crippen molar-refractivity contribution in [1.82, 2.24) is 4.98 Å². The van der Waals surface area contributed by atoms with Crippen LogP contribution < -0.4 is 0 Å². The number of hydrogen-bond donors (Lipinski definition) is 1. The second kappa shape index (κ2) is 4.83. The first kappa shape index (κ1) is 11.4. The molecule has 2 nitrogen and oxygen atoms in total. The number of aromatic nitrogens is 1. The van der Waals surface area contributed by atoms with Gasteiger partial charge in [0.2, 0.25) is 0 Å². The molecular formula is C12H9Cl2NO. The Morgan fingerprint density at radius 3 is 2.25 bits per heavy atom. The van der Waals surface area contributed by atoms with Crippen LogP contribution in [0.25, 0.3) is 0 Å². The fourth-order valence-corrected chi connectivity index (χ4v) is 2.06. The van der Waals surface area contributed by atoms with Crippen LogP contribution in [0.3, 0.4) is 0 Å². The summed E-state index contributed by atoms with van der Waals surface area (Å²) in [5.74, 6) is 0. The minimum Gasteiger partial charge on any atom is -0.382 e. The molecule has 0 aliphatic rings. The van der Waals surface area contributed by atoms with Crippen LogP contribution in [-0.4, -0.2) is 10.1 Å². The number of rotatable bonds is 2. The van der Waals surface area contributed by atoms with Crippen molar-refractivity contribution in [3.8, 4) is 0 Å². The van der Waals surface area contributed by atoms with Gasteiger partial charge < -0.3 is 5.11 Å². The largest absolute Gasteiger partial charge is 0.382 e. The molecule has 1 aromatic carbocycles. The van der Waals surface area contributed by atoms with Crippen LogP contribution in [0.15, 0.2) is 42.6 Å². The first-order valence-electron chi connectivity index (χ1n) is 4.73. The fourth-order valence-electron chi connectivity index (χ4n) is 1.46. The van der Waals surface area contributed by atoms with E-state index in [-0.39, 0.29) is 0 Å². The van der Waals surface area contributed by atoms with Gasteiger partial charge in [0, 0.05) is 21.8 Å². The predicted molar refractivity (Wildman–Crippen MR) is 64.8 cm³/mol. The van der Waals surface area contributed by atoms with E-state index in [9.17, 15) is 5.11 Å². The number of aliphatic hydroxyl groups excluding tert-OH is 1. The van der Waals surface area contributed by atoms with Crippen molar-refractivity contribution < 1.29 is 5.11 Å². The Labute approximate surface area is 103 Å². The molecule has 1 heterocycles. The minimum atomic E-state index is -0.901. The third-order valence-electron chi connectivity index (χ3n) is 2.24. The van der Waals surface area contributed by atoms with Gasteiger partial charge in [-0.05, 0) is 24.3 Å². The summed E-state index contributed by atoms with van der Waals surface area (Å²) in [6, 6.07) is 10.4. The number of benzene rings is 1.